The minimum absolute atomic E-state index is 0. The first-order chi connectivity index (χ1) is 9.61. The molecule has 2 aromatic carbocycles. The summed E-state index contributed by atoms with van der Waals surface area (Å²) in [6.45, 7) is 0. The molecule has 0 unspecified atom stereocenters. The van der Waals surface area contributed by atoms with Crippen LogP contribution in [0.5, 0.6) is 23.0 Å². The molecule has 0 aliphatic rings. The van der Waals surface area contributed by atoms with E-state index >= 15 is 0 Å². The second kappa shape index (κ2) is 16.4. The quantitative estimate of drug-likeness (QED) is 0.214. The van der Waals surface area contributed by atoms with Crippen molar-refractivity contribution < 1.29 is 39.6 Å². The van der Waals surface area contributed by atoms with Crippen molar-refractivity contribution in [3.63, 3.8) is 0 Å². The van der Waals surface area contributed by atoms with Gasteiger partial charge in [-0.2, -0.15) is 0 Å². The third-order valence-electron chi connectivity index (χ3n) is 1.76. The fraction of sp³-hybridized carbons (Fsp3) is 0. The highest BCUT2D eigenvalue weighted by molar-refractivity contribution is 6.46. The standard InChI is InChI=1S/2C6H6O2.4H3N.H4O4Si/c2*7-5-3-1-2-4-6(5)8;;;;;1-5(2,3)4/h2*1-4,7-8H;4*1H3;1-4H. The monoisotopic (exact) mass is 384 g/mol. The van der Waals surface area contributed by atoms with Crippen LogP contribution in [-0.2, 0) is 0 Å². The molecule has 25 heavy (non-hydrogen) atoms. The Morgan fingerprint density at radius 3 is 0.640 bits per heavy atom. The lowest BCUT2D eigenvalue weighted by atomic mass is 10.3. The third kappa shape index (κ3) is 21.5. The van der Waals surface area contributed by atoms with Crippen LogP contribution in [0.15, 0.2) is 48.5 Å². The minimum atomic E-state index is -4.61. The number of hydrogen-bond donors (Lipinski definition) is 12. The van der Waals surface area contributed by atoms with Gasteiger partial charge in [-0.15, -0.1) is 0 Å². The first-order valence-electron chi connectivity index (χ1n) is 5.44. The highest BCUT2D eigenvalue weighted by Gasteiger charge is 2.22. The Bertz CT molecular complexity index is 465. The minimum Gasteiger partial charge on any atom is -0.504 e. The molecule has 20 N–H and O–H groups in total. The van der Waals surface area contributed by atoms with Gasteiger partial charge in [0.25, 0.3) is 0 Å². The van der Waals surface area contributed by atoms with Crippen LogP contribution in [0.2, 0.25) is 0 Å². The van der Waals surface area contributed by atoms with Crippen LogP contribution in [0.1, 0.15) is 0 Å². The van der Waals surface area contributed by atoms with E-state index in [1.54, 1.807) is 24.3 Å². The van der Waals surface area contributed by atoms with E-state index in [0.29, 0.717) is 0 Å². The Morgan fingerprint density at radius 2 is 0.560 bits per heavy atom. The van der Waals surface area contributed by atoms with Crippen LogP contribution < -0.4 is 24.6 Å². The highest BCUT2D eigenvalue weighted by Crippen LogP contribution is 2.21. The van der Waals surface area contributed by atoms with Crippen LogP contribution >= 0.6 is 0 Å². The molecular formula is C12H28N4O8Si. The Kier molecular flexibility index (Phi) is 22.3. The summed E-state index contributed by atoms with van der Waals surface area (Å²) in [6.07, 6.45) is 0. The molecule has 0 saturated heterocycles. The van der Waals surface area contributed by atoms with Crippen molar-refractivity contribution in [1.82, 2.24) is 24.6 Å². The molecule has 0 fully saturated rings. The molecule has 0 bridgehead atoms. The normalized spacial score (nSPS) is 8.16. The number of phenols is 4. The fourth-order valence-electron chi connectivity index (χ4n) is 0.928. The molecule has 148 valence electrons. The topological polar surface area (TPSA) is 302 Å². The van der Waals surface area contributed by atoms with Crippen LogP contribution in [0.25, 0.3) is 0 Å². The maximum atomic E-state index is 8.67. The lowest BCUT2D eigenvalue weighted by molar-refractivity contribution is 0.117. The summed E-state index contributed by atoms with van der Waals surface area (Å²) in [5.41, 5.74) is 0. The lowest BCUT2D eigenvalue weighted by Gasteiger charge is -1.91. The van der Waals surface area contributed by atoms with Gasteiger partial charge in [0, 0.05) is 0 Å². The number of hydrogen-bond acceptors (Lipinski definition) is 12. The van der Waals surface area contributed by atoms with Crippen LogP contribution in [0, 0.1) is 0 Å². The van der Waals surface area contributed by atoms with Gasteiger partial charge in [-0.05, 0) is 24.3 Å². The second-order valence-electron chi connectivity index (χ2n) is 3.58. The molecule has 13 heteroatoms. The number of aromatic hydroxyl groups is 4. The largest absolute Gasteiger partial charge is 0.668 e. The Hall–Kier alpha value is -2.46. The number of rotatable bonds is 0. The van der Waals surface area contributed by atoms with E-state index in [1.807, 2.05) is 0 Å². The third-order valence-corrected chi connectivity index (χ3v) is 1.76. The molecule has 0 aliphatic carbocycles. The fourth-order valence-corrected chi connectivity index (χ4v) is 0.928. The molecule has 0 aliphatic heterocycles. The van der Waals surface area contributed by atoms with Gasteiger partial charge < -0.3 is 64.2 Å². The number of phenolic OH excluding ortho intramolecular Hbond substituents is 4. The molecule has 12 nitrogen and oxygen atoms in total. The molecule has 0 spiro atoms. The lowest BCUT2D eigenvalue weighted by Crippen LogP contribution is -2.33. The van der Waals surface area contributed by atoms with Crippen LogP contribution in [-0.4, -0.2) is 48.7 Å². The molecule has 2 rings (SSSR count). The maximum absolute atomic E-state index is 8.67. The first kappa shape index (κ1) is 34.0. The number of benzene rings is 2. The van der Waals surface area contributed by atoms with Gasteiger partial charge in [0.15, 0.2) is 23.0 Å². The molecule has 0 amide bonds. The maximum Gasteiger partial charge on any atom is 0.668 e. The zero-order valence-corrected chi connectivity index (χ0v) is 14.5. The second-order valence-corrected chi connectivity index (χ2v) is 4.78. The first-order valence-corrected chi connectivity index (χ1v) is 7.23. The number of para-hydroxylation sites is 4. The van der Waals surface area contributed by atoms with Gasteiger partial charge in [-0.3, -0.25) is 0 Å². The van der Waals surface area contributed by atoms with Gasteiger partial charge >= 0.3 is 9.05 Å². The Balaban J connectivity index is -0.0000000761. The zero-order valence-electron chi connectivity index (χ0n) is 13.5. The van der Waals surface area contributed by atoms with E-state index in [2.05, 4.69) is 0 Å². The highest BCUT2D eigenvalue weighted by atomic mass is 28.4. The summed E-state index contributed by atoms with van der Waals surface area (Å²) >= 11 is 0. The molecule has 0 aromatic heterocycles. The average molecular weight is 384 g/mol. The van der Waals surface area contributed by atoms with Gasteiger partial charge in [-0.1, -0.05) is 24.3 Å². The Morgan fingerprint density at radius 1 is 0.440 bits per heavy atom. The van der Waals surface area contributed by atoms with Gasteiger partial charge in [0.2, 0.25) is 0 Å². The molecule has 0 atom stereocenters. The van der Waals surface area contributed by atoms with Crippen molar-refractivity contribution in [3.05, 3.63) is 48.5 Å². The summed E-state index contributed by atoms with van der Waals surface area (Å²) in [4.78, 5) is 29.3. The molecule has 0 radical (unpaired) electrons. The summed E-state index contributed by atoms with van der Waals surface area (Å²) in [7, 11) is -4.61. The van der Waals surface area contributed by atoms with Crippen molar-refractivity contribution in [2.75, 3.05) is 0 Å². The molecule has 0 saturated carbocycles. The van der Waals surface area contributed by atoms with Crippen molar-refractivity contribution in [2.24, 2.45) is 0 Å². The van der Waals surface area contributed by atoms with E-state index in [1.165, 1.54) is 24.3 Å². The summed E-state index contributed by atoms with van der Waals surface area (Å²) in [5.74, 6) is -0.306. The molecule has 0 heterocycles. The predicted octanol–water partition coefficient (Wildman–Crippen LogP) is 0.235. The summed E-state index contributed by atoms with van der Waals surface area (Å²) < 4.78 is 0. The predicted molar refractivity (Wildman–Crippen MR) is 94.3 cm³/mol. The zero-order chi connectivity index (χ0) is 16.5. The van der Waals surface area contributed by atoms with E-state index in [4.69, 9.17) is 39.6 Å². The average Bonchev–Trinajstić information content (AvgIpc) is 2.35. The Labute approximate surface area is 145 Å². The molecular weight excluding hydrogens is 356 g/mol. The van der Waals surface area contributed by atoms with Crippen molar-refractivity contribution in [2.45, 2.75) is 0 Å². The van der Waals surface area contributed by atoms with Crippen LogP contribution in [0.3, 0.4) is 0 Å². The van der Waals surface area contributed by atoms with Crippen molar-refractivity contribution in [3.8, 4) is 23.0 Å². The van der Waals surface area contributed by atoms with Gasteiger partial charge in [0.05, 0.1) is 0 Å². The smallest absolute Gasteiger partial charge is 0.504 e. The molecule has 2 aromatic rings. The van der Waals surface area contributed by atoms with E-state index in [0.717, 1.165) is 0 Å². The van der Waals surface area contributed by atoms with Gasteiger partial charge in [0.1, 0.15) is 0 Å². The summed E-state index contributed by atoms with van der Waals surface area (Å²) in [5, 5.41) is 34.7. The van der Waals surface area contributed by atoms with Crippen molar-refractivity contribution >= 4 is 9.05 Å². The summed E-state index contributed by atoms with van der Waals surface area (Å²) in [6, 6.07) is 12.3. The SMILES string of the molecule is N.N.N.N.O[Si](O)(O)O.Oc1ccccc1O.Oc1ccccc1O. The van der Waals surface area contributed by atoms with E-state index < -0.39 is 9.05 Å². The van der Waals surface area contributed by atoms with Crippen LogP contribution in [0.4, 0.5) is 0 Å². The van der Waals surface area contributed by atoms with Gasteiger partial charge in [-0.25, -0.2) is 0 Å². The van der Waals surface area contributed by atoms with E-state index in [-0.39, 0.29) is 47.6 Å². The van der Waals surface area contributed by atoms with E-state index in [9.17, 15) is 0 Å². The van der Waals surface area contributed by atoms with Crippen molar-refractivity contribution in [1.29, 1.82) is 0 Å².